The highest BCUT2D eigenvalue weighted by Crippen LogP contribution is 2.25. The molecule has 2 aromatic heterocycles. The molecule has 0 aliphatic carbocycles. The van der Waals surface area contributed by atoms with Gasteiger partial charge in [-0.3, -0.25) is 14.9 Å². The van der Waals surface area contributed by atoms with E-state index in [0.29, 0.717) is 10.3 Å². The number of amides is 2. The van der Waals surface area contributed by atoms with Gasteiger partial charge in [0.1, 0.15) is 5.69 Å². The summed E-state index contributed by atoms with van der Waals surface area (Å²) in [5.74, 6) is -0.538. The highest BCUT2D eigenvalue weighted by molar-refractivity contribution is 7.14. The van der Waals surface area contributed by atoms with Gasteiger partial charge < -0.3 is 5.32 Å². The van der Waals surface area contributed by atoms with Crippen LogP contribution in [-0.4, -0.2) is 21.8 Å². The molecule has 4 rings (SSSR count). The second-order valence-corrected chi connectivity index (χ2v) is 7.82. The van der Waals surface area contributed by atoms with E-state index in [9.17, 15) is 9.59 Å². The first-order valence-corrected chi connectivity index (χ1v) is 10.5. The molecule has 0 spiro atoms. The predicted octanol–water partition coefficient (Wildman–Crippen LogP) is 4.70. The van der Waals surface area contributed by atoms with Gasteiger partial charge in [0.15, 0.2) is 10.3 Å². The zero-order valence-electron chi connectivity index (χ0n) is 15.2. The molecule has 144 valence electrons. The number of benzene rings is 2. The molecule has 0 fully saturated rings. The van der Waals surface area contributed by atoms with Crippen molar-refractivity contribution in [2.75, 3.05) is 10.6 Å². The summed E-state index contributed by atoms with van der Waals surface area (Å²) in [6.07, 6.45) is 0.253. The van der Waals surface area contributed by atoms with Gasteiger partial charge in [-0.15, -0.1) is 22.7 Å². The Balaban J connectivity index is 1.36. The number of rotatable bonds is 6. The molecular weight excluding hydrogens is 404 g/mol. The molecule has 0 aliphatic heterocycles. The first-order chi connectivity index (χ1) is 14.2. The summed E-state index contributed by atoms with van der Waals surface area (Å²) < 4.78 is 0. The standard InChI is InChI=1S/C21H16N4O2S2/c26-18(11-14-7-3-1-4-8-14)24-20-23-17(13-29-20)19(27)25-21-22-16(12-28-21)15-9-5-2-6-10-15/h1-10,12-13H,11H2,(H,22,25,27)(H,23,24,26). The highest BCUT2D eigenvalue weighted by Gasteiger charge is 2.15. The Hall–Kier alpha value is -3.36. The normalized spacial score (nSPS) is 10.5. The summed E-state index contributed by atoms with van der Waals surface area (Å²) in [5.41, 5.74) is 2.94. The number of hydrogen-bond acceptors (Lipinski definition) is 6. The van der Waals surface area contributed by atoms with E-state index in [1.54, 1.807) is 5.38 Å². The number of carbonyl (C=O) groups excluding carboxylic acids is 2. The van der Waals surface area contributed by atoms with E-state index in [1.807, 2.05) is 66.0 Å². The van der Waals surface area contributed by atoms with E-state index >= 15 is 0 Å². The maximum absolute atomic E-state index is 12.4. The van der Waals surface area contributed by atoms with Crippen LogP contribution in [0.4, 0.5) is 10.3 Å². The molecule has 29 heavy (non-hydrogen) atoms. The van der Waals surface area contributed by atoms with Gasteiger partial charge in [-0.1, -0.05) is 60.7 Å². The second kappa shape index (κ2) is 8.76. The van der Waals surface area contributed by atoms with Crippen molar-refractivity contribution in [1.29, 1.82) is 0 Å². The van der Waals surface area contributed by atoms with Crippen LogP contribution in [0, 0.1) is 0 Å². The largest absolute Gasteiger partial charge is 0.302 e. The van der Waals surface area contributed by atoms with E-state index in [2.05, 4.69) is 20.6 Å². The molecule has 0 aliphatic rings. The third kappa shape index (κ3) is 4.92. The summed E-state index contributed by atoms with van der Waals surface area (Å²) in [5, 5.41) is 9.87. The minimum atomic E-state index is -0.362. The van der Waals surface area contributed by atoms with Crippen LogP contribution in [0.25, 0.3) is 11.3 Å². The summed E-state index contributed by atoms with van der Waals surface area (Å²) in [6, 6.07) is 19.2. The Morgan fingerprint density at radius 2 is 1.45 bits per heavy atom. The van der Waals surface area contributed by atoms with E-state index in [0.717, 1.165) is 16.8 Å². The van der Waals surface area contributed by atoms with Crippen LogP contribution in [0.5, 0.6) is 0 Å². The molecule has 6 nitrogen and oxygen atoms in total. The van der Waals surface area contributed by atoms with Crippen LogP contribution >= 0.6 is 22.7 Å². The van der Waals surface area contributed by atoms with Crippen molar-refractivity contribution in [1.82, 2.24) is 9.97 Å². The van der Waals surface area contributed by atoms with Gasteiger partial charge in [-0.05, 0) is 5.56 Å². The third-order valence-corrected chi connectivity index (χ3v) is 5.50. The van der Waals surface area contributed by atoms with E-state index in [1.165, 1.54) is 22.7 Å². The predicted molar refractivity (Wildman–Crippen MR) is 116 cm³/mol. The Bertz CT molecular complexity index is 1120. The van der Waals surface area contributed by atoms with E-state index in [4.69, 9.17) is 0 Å². The fourth-order valence-corrected chi connectivity index (χ4v) is 4.04. The highest BCUT2D eigenvalue weighted by atomic mass is 32.1. The molecule has 0 saturated carbocycles. The van der Waals surface area contributed by atoms with Crippen molar-refractivity contribution in [3.8, 4) is 11.3 Å². The van der Waals surface area contributed by atoms with Crippen LogP contribution in [0.15, 0.2) is 71.4 Å². The van der Waals surface area contributed by atoms with Crippen molar-refractivity contribution in [3.05, 3.63) is 82.7 Å². The van der Waals surface area contributed by atoms with Crippen molar-refractivity contribution in [2.24, 2.45) is 0 Å². The molecule has 2 N–H and O–H groups in total. The maximum Gasteiger partial charge on any atom is 0.276 e. The van der Waals surface area contributed by atoms with Crippen molar-refractivity contribution in [3.63, 3.8) is 0 Å². The van der Waals surface area contributed by atoms with Crippen LogP contribution in [0.3, 0.4) is 0 Å². The van der Waals surface area contributed by atoms with Crippen molar-refractivity contribution < 1.29 is 9.59 Å². The fourth-order valence-electron chi connectivity index (χ4n) is 2.61. The molecule has 0 radical (unpaired) electrons. The average Bonchev–Trinajstić information content (AvgIpc) is 3.39. The first-order valence-electron chi connectivity index (χ1n) is 8.79. The van der Waals surface area contributed by atoms with Crippen LogP contribution in [-0.2, 0) is 11.2 Å². The van der Waals surface area contributed by atoms with Crippen LogP contribution < -0.4 is 10.6 Å². The lowest BCUT2D eigenvalue weighted by Gasteiger charge is -2.01. The number of carbonyl (C=O) groups is 2. The molecule has 2 heterocycles. The Morgan fingerprint density at radius 1 is 0.793 bits per heavy atom. The monoisotopic (exact) mass is 420 g/mol. The lowest BCUT2D eigenvalue weighted by Crippen LogP contribution is -2.15. The molecule has 0 bridgehead atoms. The molecular formula is C21H16N4O2S2. The number of hydrogen-bond donors (Lipinski definition) is 2. The number of nitrogens with zero attached hydrogens (tertiary/aromatic N) is 2. The van der Waals surface area contributed by atoms with Crippen LogP contribution in [0.2, 0.25) is 0 Å². The molecule has 0 atom stereocenters. The summed E-state index contributed by atoms with van der Waals surface area (Å²) in [6.45, 7) is 0. The molecule has 0 unspecified atom stereocenters. The SMILES string of the molecule is O=C(Cc1ccccc1)Nc1nc(C(=O)Nc2nc(-c3ccccc3)cs2)cs1. The molecule has 2 amide bonds. The molecule has 2 aromatic carbocycles. The zero-order chi connectivity index (χ0) is 20.1. The topological polar surface area (TPSA) is 84.0 Å². The molecule has 8 heteroatoms. The van der Waals surface area contributed by atoms with Crippen molar-refractivity contribution >= 4 is 44.8 Å². The van der Waals surface area contributed by atoms with Gasteiger partial charge in [-0.25, -0.2) is 9.97 Å². The third-order valence-electron chi connectivity index (χ3n) is 3.98. The van der Waals surface area contributed by atoms with Crippen molar-refractivity contribution in [2.45, 2.75) is 6.42 Å². The lowest BCUT2D eigenvalue weighted by molar-refractivity contribution is -0.115. The Labute approximate surface area is 175 Å². The lowest BCUT2D eigenvalue weighted by atomic mass is 10.1. The first kappa shape index (κ1) is 19.0. The van der Waals surface area contributed by atoms with Gasteiger partial charge in [0.2, 0.25) is 5.91 Å². The summed E-state index contributed by atoms with van der Waals surface area (Å²) in [4.78, 5) is 33.2. The zero-order valence-corrected chi connectivity index (χ0v) is 16.8. The Morgan fingerprint density at radius 3 is 2.21 bits per heavy atom. The van der Waals surface area contributed by atoms with Gasteiger partial charge in [0, 0.05) is 16.3 Å². The maximum atomic E-state index is 12.4. The number of anilines is 2. The smallest absolute Gasteiger partial charge is 0.276 e. The number of aromatic nitrogens is 2. The second-order valence-electron chi connectivity index (χ2n) is 6.11. The minimum Gasteiger partial charge on any atom is -0.302 e. The van der Waals surface area contributed by atoms with E-state index < -0.39 is 0 Å². The van der Waals surface area contributed by atoms with Gasteiger partial charge in [-0.2, -0.15) is 0 Å². The minimum absolute atomic E-state index is 0.176. The summed E-state index contributed by atoms with van der Waals surface area (Å²) in [7, 11) is 0. The average molecular weight is 421 g/mol. The number of thiazole rings is 2. The van der Waals surface area contributed by atoms with Gasteiger partial charge in [0.05, 0.1) is 12.1 Å². The Kier molecular flexibility index (Phi) is 5.73. The molecule has 0 saturated heterocycles. The van der Waals surface area contributed by atoms with Crippen LogP contribution in [0.1, 0.15) is 16.1 Å². The van der Waals surface area contributed by atoms with E-state index in [-0.39, 0.29) is 23.9 Å². The van der Waals surface area contributed by atoms with Gasteiger partial charge >= 0.3 is 0 Å². The summed E-state index contributed by atoms with van der Waals surface area (Å²) >= 11 is 2.56. The number of nitrogens with one attached hydrogen (secondary N) is 2. The fraction of sp³-hybridized carbons (Fsp3) is 0.0476. The molecule has 4 aromatic rings. The van der Waals surface area contributed by atoms with Gasteiger partial charge in [0.25, 0.3) is 5.91 Å². The quantitative estimate of drug-likeness (QED) is 0.474.